The highest BCUT2D eigenvalue weighted by atomic mass is 32.2. The minimum atomic E-state index is -3.09. The molecule has 8 heteroatoms. The van der Waals surface area contributed by atoms with Crippen molar-refractivity contribution in [2.24, 2.45) is 11.7 Å². The largest absolute Gasteiger partial charge is 0.323 e. The molecule has 1 aromatic rings. The van der Waals surface area contributed by atoms with E-state index >= 15 is 0 Å². The smallest absolute Gasteiger partial charge is 0.211 e. The van der Waals surface area contributed by atoms with E-state index in [2.05, 4.69) is 9.59 Å². The molecular formula is C12H22N4O2S2. The van der Waals surface area contributed by atoms with Crippen LogP contribution < -0.4 is 5.73 Å². The van der Waals surface area contributed by atoms with Gasteiger partial charge in [0.15, 0.2) is 0 Å². The predicted octanol–water partition coefficient (Wildman–Crippen LogP) is 1.16. The Bertz CT molecular complexity index is 543. The van der Waals surface area contributed by atoms with Gasteiger partial charge in [-0.2, -0.15) is 0 Å². The summed E-state index contributed by atoms with van der Waals surface area (Å²) in [5.41, 5.74) is 7.23. The molecule has 1 aliphatic heterocycles. The Kier molecular flexibility index (Phi) is 5.11. The van der Waals surface area contributed by atoms with Crippen LogP contribution in [-0.2, 0) is 16.4 Å². The maximum Gasteiger partial charge on any atom is 0.211 e. The van der Waals surface area contributed by atoms with Gasteiger partial charge in [-0.3, -0.25) is 0 Å². The van der Waals surface area contributed by atoms with Crippen molar-refractivity contribution < 1.29 is 8.42 Å². The zero-order chi connectivity index (χ0) is 14.8. The van der Waals surface area contributed by atoms with Crippen molar-refractivity contribution in [3.8, 4) is 0 Å². The van der Waals surface area contributed by atoms with Crippen molar-refractivity contribution >= 4 is 21.6 Å². The molecule has 0 saturated carbocycles. The molecule has 2 unspecified atom stereocenters. The van der Waals surface area contributed by atoms with Crippen molar-refractivity contribution in [1.29, 1.82) is 0 Å². The van der Waals surface area contributed by atoms with Crippen LogP contribution in [-0.4, -0.2) is 41.7 Å². The zero-order valence-corrected chi connectivity index (χ0v) is 13.6. The maximum absolute atomic E-state index is 11.6. The summed E-state index contributed by atoms with van der Waals surface area (Å²) >= 11 is 1.36. The normalized spacial score (nSPS) is 22.9. The molecule has 0 aromatic carbocycles. The van der Waals surface area contributed by atoms with Crippen LogP contribution in [0.2, 0.25) is 0 Å². The molecule has 1 fully saturated rings. The summed E-state index contributed by atoms with van der Waals surface area (Å²) in [5, 5.41) is 4.09. The highest BCUT2D eigenvalue weighted by molar-refractivity contribution is 7.88. The number of nitrogens with two attached hydrogens (primary N) is 1. The van der Waals surface area contributed by atoms with Gasteiger partial charge in [-0.1, -0.05) is 11.4 Å². The molecule has 2 rings (SSSR count). The molecule has 114 valence electrons. The van der Waals surface area contributed by atoms with Gasteiger partial charge >= 0.3 is 0 Å². The Balaban J connectivity index is 1.99. The Hall–Kier alpha value is -0.570. The van der Waals surface area contributed by atoms with Gasteiger partial charge in [0.25, 0.3) is 0 Å². The number of hydrogen-bond acceptors (Lipinski definition) is 6. The first kappa shape index (κ1) is 15.8. The summed E-state index contributed by atoms with van der Waals surface area (Å²) in [7, 11) is -3.09. The molecule has 0 spiro atoms. The minimum absolute atomic E-state index is 0.0885. The molecule has 0 radical (unpaired) electrons. The third kappa shape index (κ3) is 3.75. The lowest BCUT2D eigenvalue weighted by molar-refractivity contribution is 0.247. The molecule has 2 heterocycles. The number of sulfonamides is 1. The van der Waals surface area contributed by atoms with Crippen LogP contribution in [0.1, 0.15) is 42.8 Å². The van der Waals surface area contributed by atoms with E-state index in [0.717, 1.165) is 36.3 Å². The molecular weight excluding hydrogens is 296 g/mol. The zero-order valence-electron chi connectivity index (χ0n) is 11.9. The van der Waals surface area contributed by atoms with Crippen LogP contribution >= 0.6 is 11.5 Å². The summed E-state index contributed by atoms with van der Waals surface area (Å²) in [6.45, 7) is 3.26. The van der Waals surface area contributed by atoms with Crippen LogP contribution in [0.25, 0.3) is 0 Å². The van der Waals surface area contributed by atoms with E-state index < -0.39 is 10.0 Å². The van der Waals surface area contributed by atoms with Crippen LogP contribution in [0.4, 0.5) is 0 Å². The van der Waals surface area contributed by atoms with E-state index in [1.807, 2.05) is 6.92 Å². The second kappa shape index (κ2) is 6.46. The average molecular weight is 318 g/mol. The fraction of sp³-hybridized carbons (Fsp3) is 0.833. The van der Waals surface area contributed by atoms with Crippen LogP contribution in [0.3, 0.4) is 0 Å². The molecule has 20 heavy (non-hydrogen) atoms. The molecule has 2 atom stereocenters. The SMILES string of the molecule is CCc1nnsc1C(N)CC1CCCN(S(C)(=O)=O)C1. The van der Waals surface area contributed by atoms with Gasteiger partial charge < -0.3 is 5.73 Å². The summed E-state index contributed by atoms with van der Waals surface area (Å²) in [5.74, 6) is 0.320. The first-order valence-electron chi connectivity index (χ1n) is 6.93. The highest BCUT2D eigenvalue weighted by Gasteiger charge is 2.28. The lowest BCUT2D eigenvalue weighted by Crippen LogP contribution is -2.40. The Morgan fingerprint density at radius 1 is 1.55 bits per heavy atom. The quantitative estimate of drug-likeness (QED) is 0.880. The molecule has 1 aromatic heterocycles. The van der Waals surface area contributed by atoms with E-state index in [0.29, 0.717) is 19.0 Å². The van der Waals surface area contributed by atoms with E-state index in [1.165, 1.54) is 17.8 Å². The molecule has 6 nitrogen and oxygen atoms in total. The van der Waals surface area contributed by atoms with Gasteiger partial charge in [0, 0.05) is 19.1 Å². The minimum Gasteiger partial charge on any atom is -0.323 e. The Morgan fingerprint density at radius 2 is 2.30 bits per heavy atom. The summed E-state index contributed by atoms with van der Waals surface area (Å²) < 4.78 is 28.8. The first-order valence-corrected chi connectivity index (χ1v) is 9.55. The third-order valence-electron chi connectivity index (χ3n) is 3.79. The molecule has 0 aliphatic carbocycles. The Morgan fingerprint density at radius 3 is 2.95 bits per heavy atom. The number of aromatic nitrogens is 2. The second-order valence-electron chi connectivity index (χ2n) is 5.41. The summed E-state index contributed by atoms with van der Waals surface area (Å²) in [6.07, 6.45) is 4.85. The van der Waals surface area contributed by atoms with Crippen molar-refractivity contribution in [3.63, 3.8) is 0 Å². The summed E-state index contributed by atoms with van der Waals surface area (Å²) in [6, 6.07) is -0.0885. The molecule has 1 saturated heterocycles. The van der Waals surface area contributed by atoms with Crippen LogP contribution in [0.5, 0.6) is 0 Å². The number of nitrogens with zero attached hydrogens (tertiary/aromatic N) is 3. The fourth-order valence-electron chi connectivity index (χ4n) is 2.73. The third-order valence-corrected chi connectivity index (χ3v) is 5.96. The van der Waals surface area contributed by atoms with Crippen molar-refractivity contribution in [3.05, 3.63) is 10.6 Å². The Labute approximate surface area is 124 Å². The topological polar surface area (TPSA) is 89.2 Å². The molecule has 2 N–H and O–H groups in total. The van der Waals surface area contributed by atoms with Crippen molar-refractivity contribution in [2.75, 3.05) is 19.3 Å². The summed E-state index contributed by atoms with van der Waals surface area (Å²) in [4.78, 5) is 1.05. The highest BCUT2D eigenvalue weighted by Crippen LogP contribution is 2.29. The second-order valence-corrected chi connectivity index (χ2v) is 8.18. The van der Waals surface area contributed by atoms with Gasteiger partial charge in [-0.15, -0.1) is 5.10 Å². The number of aryl methyl sites for hydroxylation is 1. The van der Waals surface area contributed by atoms with E-state index in [4.69, 9.17) is 5.73 Å². The van der Waals surface area contributed by atoms with Crippen LogP contribution in [0, 0.1) is 5.92 Å². The van der Waals surface area contributed by atoms with Gasteiger partial charge in [0.2, 0.25) is 10.0 Å². The fourth-order valence-corrected chi connectivity index (χ4v) is 4.42. The molecule has 0 amide bonds. The standard InChI is InChI=1S/C12H22N4O2S2/c1-3-11-12(19-15-14-11)10(13)7-9-5-4-6-16(8-9)20(2,17)18/h9-10H,3-8,13H2,1-2H3. The van der Waals surface area contributed by atoms with Gasteiger partial charge in [0.05, 0.1) is 16.8 Å². The predicted molar refractivity (Wildman–Crippen MR) is 80.0 cm³/mol. The van der Waals surface area contributed by atoms with Gasteiger partial charge in [0.1, 0.15) is 0 Å². The maximum atomic E-state index is 11.6. The van der Waals surface area contributed by atoms with E-state index in [9.17, 15) is 8.42 Å². The molecule has 0 bridgehead atoms. The van der Waals surface area contributed by atoms with E-state index in [1.54, 1.807) is 4.31 Å². The molecule has 1 aliphatic rings. The van der Waals surface area contributed by atoms with Crippen molar-refractivity contribution in [1.82, 2.24) is 13.9 Å². The average Bonchev–Trinajstić information content (AvgIpc) is 2.86. The first-order chi connectivity index (χ1) is 9.41. The number of piperidine rings is 1. The van der Waals surface area contributed by atoms with E-state index in [-0.39, 0.29) is 6.04 Å². The van der Waals surface area contributed by atoms with Gasteiger partial charge in [-0.25, -0.2) is 12.7 Å². The van der Waals surface area contributed by atoms with Crippen LogP contribution in [0.15, 0.2) is 0 Å². The monoisotopic (exact) mass is 318 g/mol. The number of rotatable bonds is 5. The lowest BCUT2D eigenvalue weighted by Gasteiger charge is -2.32. The number of hydrogen-bond donors (Lipinski definition) is 1. The lowest BCUT2D eigenvalue weighted by atomic mass is 9.92. The van der Waals surface area contributed by atoms with Gasteiger partial charge in [-0.05, 0) is 43.1 Å². The van der Waals surface area contributed by atoms with Crippen molar-refractivity contribution in [2.45, 2.75) is 38.6 Å².